The Morgan fingerprint density at radius 3 is 2.40 bits per heavy atom. The molecule has 0 unspecified atom stereocenters. The van der Waals surface area contributed by atoms with E-state index >= 15 is 0 Å². The molecule has 0 fully saturated rings. The molecule has 0 aliphatic heterocycles. The molecule has 1 N–H and O–H groups in total. The molecule has 0 atom stereocenters. The Bertz CT molecular complexity index is 1440. The van der Waals surface area contributed by atoms with E-state index in [9.17, 15) is 14.4 Å². The minimum Gasteiger partial charge on any atom is -0.476 e. The molecule has 1 amide bonds. The van der Waals surface area contributed by atoms with Crippen molar-refractivity contribution in [3.05, 3.63) is 93.1 Å². The fourth-order valence-corrected chi connectivity index (χ4v) is 3.59. The second-order valence-corrected chi connectivity index (χ2v) is 8.17. The van der Waals surface area contributed by atoms with Crippen LogP contribution in [0.3, 0.4) is 0 Å². The largest absolute Gasteiger partial charge is 0.476 e. The van der Waals surface area contributed by atoms with E-state index in [0.29, 0.717) is 27.4 Å². The zero-order chi connectivity index (χ0) is 24.9. The maximum atomic E-state index is 13.2. The lowest BCUT2D eigenvalue weighted by atomic mass is 10.1. The zero-order valence-electron chi connectivity index (χ0n) is 19.1. The predicted molar refractivity (Wildman–Crippen MR) is 134 cm³/mol. The molecule has 0 bridgehead atoms. The number of hydrogen-bond donors (Lipinski definition) is 1. The van der Waals surface area contributed by atoms with Crippen LogP contribution in [0.2, 0.25) is 5.02 Å². The van der Waals surface area contributed by atoms with Gasteiger partial charge in [-0.3, -0.25) is 9.59 Å². The van der Waals surface area contributed by atoms with Gasteiger partial charge >= 0.3 is 5.97 Å². The van der Waals surface area contributed by atoms with E-state index in [-0.39, 0.29) is 23.5 Å². The van der Waals surface area contributed by atoms with Gasteiger partial charge in [0.15, 0.2) is 12.4 Å². The topological polar surface area (TPSA) is 94.8 Å². The number of nitrogens with one attached hydrogen (secondary N) is 1. The van der Waals surface area contributed by atoms with Crippen molar-refractivity contribution in [1.29, 1.82) is 0 Å². The van der Waals surface area contributed by atoms with Crippen molar-refractivity contribution >= 4 is 40.1 Å². The average Bonchev–Trinajstić information content (AvgIpc) is 2.85. The molecule has 7 nitrogen and oxygen atoms in total. The van der Waals surface area contributed by atoms with Crippen LogP contribution in [-0.4, -0.2) is 25.1 Å². The fraction of sp³-hybridized carbons (Fsp3) is 0.148. The normalized spacial score (nSPS) is 10.7. The van der Waals surface area contributed by atoms with Crippen molar-refractivity contribution in [1.82, 2.24) is 0 Å². The van der Waals surface area contributed by atoms with Crippen LogP contribution in [0, 0.1) is 6.92 Å². The standard InChI is InChI=1S/C27H22ClNO6/c1-3-33-27(32)18-8-11-20(12-9-18)29-23(30)15-34-26-24(31)21-14-19(28)10-13-22(21)35-25(26)17-6-4-16(2)5-7-17/h4-14H,3,15H2,1-2H3,(H,29,30). The average molecular weight is 492 g/mol. The number of benzene rings is 3. The monoisotopic (exact) mass is 491 g/mol. The highest BCUT2D eigenvalue weighted by atomic mass is 35.5. The number of aryl methyl sites for hydroxylation is 1. The summed E-state index contributed by atoms with van der Waals surface area (Å²) in [6.45, 7) is 3.51. The van der Waals surface area contributed by atoms with Crippen molar-refractivity contribution in [3.63, 3.8) is 0 Å². The molecule has 4 rings (SSSR count). The van der Waals surface area contributed by atoms with Gasteiger partial charge in [0.1, 0.15) is 5.58 Å². The van der Waals surface area contributed by atoms with Gasteiger partial charge in [0.2, 0.25) is 11.2 Å². The maximum absolute atomic E-state index is 13.2. The molecule has 0 saturated heterocycles. The van der Waals surface area contributed by atoms with Crippen molar-refractivity contribution in [3.8, 4) is 17.1 Å². The fourth-order valence-electron chi connectivity index (χ4n) is 3.42. The Hall–Kier alpha value is -4.10. The van der Waals surface area contributed by atoms with E-state index in [1.165, 1.54) is 6.07 Å². The molecule has 0 saturated carbocycles. The third-order valence-electron chi connectivity index (χ3n) is 5.15. The molecule has 178 valence electrons. The number of ether oxygens (including phenoxy) is 2. The molecule has 4 aromatic rings. The molecule has 35 heavy (non-hydrogen) atoms. The van der Waals surface area contributed by atoms with E-state index < -0.39 is 23.9 Å². The molecule has 0 aliphatic rings. The van der Waals surface area contributed by atoms with Crippen LogP contribution >= 0.6 is 11.6 Å². The van der Waals surface area contributed by atoms with E-state index in [2.05, 4.69) is 5.32 Å². The van der Waals surface area contributed by atoms with Crippen LogP contribution in [0.1, 0.15) is 22.8 Å². The summed E-state index contributed by atoms with van der Waals surface area (Å²) < 4.78 is 16.6. The molecule has 8 heteroatoms. The lowest BCUT2D eigenvalue weighted by molar-refractivity contribution is -0.118. The van der Waals surface area contributed by atoms with E-state index in [0.717, 1.165) is 5.56 Å². The second-order valence-electron chi connectivity index (χ2n) is 7.73. The lowest BCUT2D eigenvalue weighted by Crippen LogP contribution is -2.22. The van der Waals surface area contributed by atoms with Crippen LogP contribution < -0.4 is 15.5 Å². The lowest BCUT2D eigenvalue weighted by Gasteiger charge is -2.12. The molecule has 1 aromatic heterocycles. The summed E-state index contributed by atoms with van der Waals surface area (Å²) in [4.78, 5) is 37.6. The summed E-state index contributed by atoms with van der Waals surface area (Å²) in [5, 5.41) is 3.30. The van der Waals surface area contributed by atoms with E-state index in [1.807, 2.05) is 31.2 Å². The van der Waals surface area contributed by atoms with Gasteiger partial charge in [-0.15, -0.1) is 0 Å². The first-order valence-electron chi connectivity index (χ1n) is 10.9. The van der Waals surface area contributed by atoms with Crippen molar-refractivity contribution in [2.24, 2.45) is 0 Å². The first-order valence-corrected chi connectivity index (χ1v) is 11.3. The minimum atomic E-state index is -0.491. The molecule has 0 aliphatic carbocycles. The summed E-state index contributed by atoms with van der Waals surface area (Å²) in [5.41, 5.74) is 2.43. The summed E-state index contributed by atoms with van der Waals surface area (Å²) in [5.74, 6) is -0.803. The van der Waals surface area contributed by atoms with Crippen molar-refractivity contribution < 1.29 is 23.5 Å². The van der Waals surface area contributed by atoms with Crippen molar-refractivity contribution in [2.45, 2.75) is 13.8 Å². The van der Waals surface area contributed by atoms with Gasteiger partial charge in [-0.05, 0) is 56.3 Å². The summed E-state index contributed by atoms with van der Waals surface area (Å²) in [6.07, 6.45) is 0. The molecule has 3 aromatic carbocycles. The number of halogens is 1. The van der Waals surface area contributed by atoms with Gasteiger partial charge in [0, 0.05) is 16.3 Å². The number of esters is 1. The van der Waals surface area contributed by atoms with E-state index in [1.54, 1.807) is 43.3 Å². The third-order valence-corrected chi connectivity index (χ3v) is 5.39. The minimum absolute atomic E-state index is 0.0866. The van der Waals surface area contributed by atoms with Crippen LogP contribution in [0.25, 0.3) is 22.3 Å². The number of carbonyl (C=O) groups excluding carboxylic acids is 2. The van der Waals surface area contributed by atoms with Gasteiger partial charge in [-0.1, -0.05) is 41.4 Å². The first-order chi connectivity index (χ1) is 16.9. The highest BCUT2D eigenvalue weighted by molar-refractivity contribution is 6.31. The number of carbonyl (C=O) groups is 2. The van der Waals surface area contributed by atoms with E-state index in [4.69, 9.17) is 25.5 Å². The molecule has 0 radical (unpaired) electrons. The van der Waals surface area contributed by atoms with Crippen LogP contribution in [0.4, 0.5) is 5.69 Å². The number of hydrogen-bond acceptors (Lipinski definition) is 6. The first kappa shape index (κ1) is 24.0. The van der Waals surface area contributed by atoms with Gasteiger partial charge in [-0.25, -0.2) is 4.79 Å². The van der Waals surface area contributed by atoms with Crippen molar-refractivity contribution in [2.75, 3.05) is 18.5 Å². The zero-order valence-corrected chi connectivity index (χ0v) is 19.8. The van der Waals surface area contributed by atoms with Crippen LogP contribution in [0.5, 0.6) is 5.75 Å². The van der Waals surface area contributed by atoms with Gasteiger partial charge < -0.3 is 19.2 Å². The van der Waals surface area contributed by atoms with Gasteiger partial charge in [0.25, 0.3) is 5.91 Å². The molecule has 1 heterocycles. The number of fused-ring (bicyclic) bond motifs is 1. The van der Waals surface area contributed by atoms with Gasteiger partial charge in [0.05, 0.1) is 17.6 Å². The Balaban J connectivity index is 1.58. The number of amides is 1. The Morgan fingerprint density at radius 2 is 1.71 bits per heavy atom. The summed E-state index contributed by atoms with van der Waals surface area (Å²) >= 11 is 6.07. The summed E-state index contributed by atoms with van der Waals surface area (Å²) in [6, 6.07) is 18.4. The maximum Gasteiger partial charge on any atom is 0.338 e. The Kier molecular flexibility index (Phi) is 7.17. The molecular formula is C27H22ClNO6. The smallest absolute Gasteiger partial charge is 0.338 e. The SMILES string of the molecule is CCOC(=O)c1ccc(NC(=O)COc2c(-c3ccc(C)cc3)oc3ccc(Cl)cc3c2=O)cc1. The quantitative estimate of drug-likeness (QED) is 0.337. The summed E-state index contributed by atoms with van der Waals surface area (Å²) in [7, 11) is 0. The van der Waals surface area contributed by atoms with Crippen LogP contribution in [0.15, 0.2) is 75.9 Å². The third kappa shape index (κ3) is 5.53. The molecule has 0 spiro atoms. The second kappa shape index (κ2) is 10.4. The Labute approximate surface area is 206 Å². The number of rotatable bonds is 7. The molecular weight excluding hydrogens is 470 g/mol. The Morgan fingerprint density at radius 1 is 1.00 bits per heavy atom. The highest BCUT2D eigenvalue weighted by Gasteiger charge is 2.19. The van der Waals surface area contributed by atoms with Gasteiger partial charge in [-0.2, -0.15) is 0 Å². The highest BCUT2D eigenvalue weighted by Crippen LogP contribution is 2.32. The van der Waals surface area contributed by atoms with Crippen LogP contribution in [-0.2, 0) is 9.53 Å². The predicted octanol–water partition coefficient (Wildman–Crippen LogP) is 5.62. The number of anilines is 1.